The van der Waals surface area contributed by atoms with Crippen LogP contribution in [-0.4, -0.2) is 24.6 Å². The third-order valence-corrected chi connectivity index (χ3v) is 5.22. The van der Waals surface area contributed by atoms with Gasteiger partial charge in [0.25, 0.3) is 10.0 Å². The number of aromatic nitrogens is 1. The van der Waals surface area contributed by atoms with Crippen molar-refractivity contribution in [3.8, 4) is 5.75 Å². The van der Waals surface area contributed by atoms with Gasteiger partial charge in [-0.3, -0.25) is 0 Å². The molecule has 0 aliphatic heterocycles. The molecule has 1 N–H and O–H groups in total. The molecule has 0 unspecified atom stereocenters. The molecule has 5 nitrogen and oxygen atoms in total. The molecular formula is C16H15NO4S. The Kier molecular flexibility index (Phi) is 3.64. The number of nitrogens with zero attached hydrogens (tertiary/aromatic N) is 1. The maximum absolute atomic E-state index is 12.8. The molecule has 0 atom stereocenters. The fourth-order valence-corrected chi connectivity index (χ4v) is 3.81. The number of hydrogen-bond acceptors (Lipinski definition) is 4. The lowest BCUT2D eigenvalue weighted by atomic mass is 10.2. The van der Waals surface area contributed by atoms with Gasteiger partial charge in [0, 0.05) is 23.2 Å². The zero-order valence-corrected chi connectivity index (χ0v) is 12.7. The zero-order valence-electron chi connectivity index (χ0n) is 11.9. The number of rotatable bonds is 4. The second kappa shape index (κ2) is 5.47. The highest BCUT2D eigenvalue weighted by molar-refractivity contribution is 7.90. The summed E-state index contributed by atoms with van der Waals surface area (Å²) in [6.07, 6.45) is 1.45. The summed E-state index contributed by atoms with van der Waals surface area (Å²) in [6, 6.07) is 13.3. The second-order valence-electron chi connectivity index (χ2n) is 4.81. The predicted molar refractivity (Wildman–Crippen MR) is 83.4 cm³/mol. The molecule has 0 aliphatic carbocycles. The number of methoxy groups -OCH3 is 1. The molecule has 22 heavy (non-hydrogen) atoms. The summed E-state index contributed by atoms with van der Waals surface area (Å²) in [5.74, 6) is 0.555. The molecule has 0 amide bonds. The Balaban J connectivity index is 2.31. The van der Waals surface area contributed by atoms with E-state index in [1.807, 2.05) is 0 Å². The van der Waals surface area contributed by atoms with Crippen molar-refractivity contribution >= 4 is 20.9 Å². The van der Waals surface area contributed by atoms with Crippen LogP contribution in [0.15, 0.2) is 59.6 Å². The van der Waals surface area contributed by atoms with Crippen LogP contribution in [0.1, 0.15) is 5.56 Å². The Morgan fingerprint density at radius 2 is 1.86 bits per heavy atom. The van der Waals surface area contributed by atoms with Gasteiger partial charge in [0.05, 0.1) is 24.1 Å². The van der Waals surface area contributed by atoms with Gasteiger partial charge in [0.1, 0.15) is 5.75 Å². The minimum Gasteiger partial charge on any atom is -0.497 e. The van der Waals surface area contributed by atoms with Gasteiger partial charge in [-0.1, -0.05) is 18.2 Å². The van der Waals surface area contributed by atoms with Gasteiger partial charge in [-0.05, 0) is 24.3 Å². The topological polar surface area (TPSA) is 68.5 Å². The van der Waals surface area contributed by atoms with Crippen molar-refractivity contribution in [3.63, 3.8) is 0 Å². The van der Waals surface area contributed by atoms with Crippen LogP contribution in [0.25, 0.3) is 10.9 Å². The standard InChI is InChI=1S/C16H15NO4S/c1-21-13-7-8-15-12(11-18)10-17(16(15)9-13)22(19,20)14-5-3-2-4-6-14/h2-10,18H,11H2,1H3. The van der Waals surface area contributed by atoms with Crippen LogP contribution >= 0.6 is 0 Å². The molecule has 0 radical (unpaired) electrons. The quantitative estimate of drug-likeness (QED) is 0.802. The van der Waals surface area contributed by atoms with E-state index in [1.165, 1.54) is 17.3 Å². The van der Waals surface area contributed by atoms with Crippen LogP contribution in [0.5, 0.6) is 5.75 Å². The van der Waals surface area contributed by atoms with Gasteiger partial charge in [-0.25, -0.2) is 12.4 Å². The van der Waals surface area contributed by atoms with Crippen molar-refractivity contribution in [2.75, 3.05) is 7.11 Å². The molecule has 2 aromatic carbocycles. The normalized spacial score (nSPS) is 11.7. The molecule has 3 aromatic rings. The first-order valence-corrected chi connectivity index (χ1v) is 8.11. The van der Waals surface area contributed by atoms with E-state index in [0.29, 0.717) is 22.2 Å². The Morgan fingerprint density at radius 3 is 2.50 bits per heavy atom. The van der Waals surface area contributed by atoms with Crippen molar-refractivity contribution in [2.24, 2.45) is 0 Å². The molecule has 114 valence electrons. The van der Waals surface area contributed by atoms with Crippen molar-refractivity contribution in [1.29, 1.82) is 0 Å². The minimum absolute atomic E-state index is 0.194. The van der Waals surface area contributed by atoms with Gasteiger partial charge >= 0.3 is 0 Å². The number of aliphatic hydroxyl groups excluding tert-OH is 1. The summed E-state index contributed by atoms with van der Waals surface area (Å²) in [5, 5.41) is 10.2. The van der Waals surface area contributed by atoms with E-state index in [1.54, 1.807) is 48.5 Å². The van der Waals surface area contributed by atoms with Crippen LogP contribution in [0.3, 0.4) is 0 Å². The maximum Gasteiger partial charge on any atom is 0.268 e. The lowest BCUT2D eigenvalue weighted by Crippen LogP contribution is -2.11. The van der Waals surface area contributed by atoms with Crippen molar-refractivity contribution in [2.45, 2.75) is 11.5 Å². The van der Waals surface area contributed by atoms with E-state index in [0.717, 1.165) is 0 Å². The molecule has 3 rings (SSSR count). The molecule has 0 saturated heterocycles. The average molecular weight is 317 g/mol. The van der Waals surface area contributed by atoms with E-state index >= 15 is 0 Å². The SMILES string of the molecule is COc1ccc2c(CO)cn(S(=O)(=O)c3ccccc3)c2c1. The predicted octanol–water partition coefficient (Wildman–Crippen LogP) is 2.38. The number of ether oxygens (including phenoxy) is 1. The van der Waals surface area contributed by atoms with Gasteiger partial charge in [0.15, 0.2) is 0 Å². The highest BCUT2D eigenvalue weighted by Crippen LogP contribution is 2.29. The minimum atomic E-state index is -3.73. The van der Waals surface area contributed by atoms with Gasteiger partial charge in [0.2, 0.25) is 0 Å². The third kappa shape index (κ3) is 2.26. The Hall–Kier alpha value is -2.31. The molecule has 0 spiro atoms. The summed E-state index contributed by atoms with van der Waals surface area (Å²) in [6.45, 7) is -0.236. The van der Waals surface area contributed by atoms with Crippen molar-refractivity contribution in [3.05, 3.63) is 60.3 Å². The number of fused-ring (bicyclic) bond motifs is 1. The maximum atomic E-state index is 12.8. The van der Waals surface area contributed by atoms with Crippen LogP contribution in [0.2, 0.25) is 0 Å². The van der Waals surface area contributed by atoms with Gasteiger partial charge in [-0.15, -0.1) is 0 Å². The monoisotopic (exact) mass is 317 g/mol. The molecule has 1 heterocycles. The first kappa shape index (κ1) is 14.6. The van der Waals surface area contributed by atoms with Crippen LogP contribution < -0.4 is 4.74 Å². The summed E-state index contributed by atoms with van der Waals surface area (Å²) >= 11 is 0. The highest BCUT2D eigenvalue weighted by atomic mass is 32.2. The van der Waals surface area contributed by atoms with Crippen LogP contribution in [0.4, 0.5) is 0 Å². The number of aliphatic hydroxyl groups is 1. The molecule has 0 aliphatic rings. The highest BCUT2D eigenvalue weighted by Gasteiger charge is 2.21. The Bertz CT molecular complexity index is 914. The number of benzene rings is 2. The lowest BCUT2D eigenvalue weighted by Gasteiger charge is -2.08. The molecule has 1 aromatic heterocycles. The average Bonchev–Trinajstić information content (AvgIpc) is 2.94. The summed E-state index contributed by atoms with van der Waals surface area (Å²) in [5.41, 5.74) is 1.03. The molecule has 0 fully saturated rings. The first-order valence-electron chi connectivity index (χ1n) is 6.67. The van der Waals surface area contributed by atoms with E-state index < -0.39 is 10.0 Å². The molecule has 0 saturated carbocycles. The molecule has 0 bridgehead atoms. The fraction of sp³-hybridized carbons (Fsp3) is 0.125. The van der Waals surface area contributed by atoms with E-state index in [-0.39, 0.29) is 11.5 Å². The third-order valence-electron chi connectivity index (χ3n) is 3.53. The lowest BCUT2D eigenvalue weighted by molar-refractivity contribution is 0.283. The summed E-state index contributed by atoms with van der Waals surface area (Å²) < 4.78 is 32.0. The smallest absolute Gasteiger partial charge is 0.268 e. The molecule has 6 heteroatoms. The zero-order chi connectivity index (χ0) is 15.7. The largest absolute Gasteiger partial charge is 0.497 e. The first-order chi connectivity index (χ1) is 10.6. The fourth-order valence-electron chi connectivity index (χ4n) is 2.40. The second-order valence-corrected chi connectivity index (χ2v) is 6.62. The Morgan fingerprint density at radius 1 is 1.14 bits per heavy atom. The van der Waals surface area contributed by atoms with Crippen LogP contribution in [-0.2, 0) is 16.6 Å². The summed E-state index contributed by atoms with van der Waals surface area (Å²) in [4.78, 5) is 0.194. The van der Waals surface area contributed by atoms with Crippen molar-refractivity contribution in [1.82, 2.24) is 3.97 Å². The van der Waals surface area contributed by atoms with E-state index in [9.17, 15) is 13.5 Å². The van der Waals surface area contributed by atoms with Crippen LogP contribution in [0, 0.1) is 0 Å². The van der Waals surface area contributed by atoms with Gasteiger partial charge < -0.3 is 9.84 Å². The summed E-state index contributed by atoms with van der Waals surface area (Å²) in [7, 11) is -2.21. The Labute approximate surface area is 128 Å². The van der Waals surface area contributed by atoms with E-state index in [2.05, 4.69) is 0 Å². The number of hydrogen-bond donors (Lipinski definition) is 1. The van der Waals surface area contributed by atoms with E-state index in [4.69, 9.17) is 4.74 Å². The molecular weight excluding hydrogens is 302 g/mol. The van der Waals surface area contributed by atoms with Crippen molar-refractivity contribution < 1.29 is 18.3 Å². The van der Waals surface area contributed by atoms with Gasteiger partial charge in [-0.2, -0.15) is 0 Å².